The molecule has 0 aromatic carbocycles. The zero-order valence-corrected chi connectivity index (χ0v) is 9.97. The van der Waals surface area contributed by atoms with E-state index in [0.717, 1.165) is 18.2 Å². The van der Waals surface area contributed by atoms with Crippen molar-refractivity contribution in [2.45, 2.75) is 39.7 Å². The summed E-state index contributed by atoms with van der Waals surface area (Å²) in [6.07, 6.45) is 1.91. The van der Waals surface area contributed by atoms with Crippen molar-refractivity contribution >= 4 is 10.0 Å². The lowest BCUT2D eigenvalue weighted by molar-refractivity contribution is 0.217. The number of hydrogen-bond donors (Lipinski definition) is 0. The molecule has 1 rings (SSSR count). The molecule has 0 spiro atoms. The third-order valence-corrected chi connectivity index (χ3v) is 4.25. The van der Waals surface area contributed by atoms with Crippen LogP contribution in [0.15, 0.2) is 12.0 Å². The van der Waals surface area contributed by atoms with Crippen LogP contribution in [-0.2, 0) is 10.0 Å². The Labute approximate surface area is 86.8 Å². The highest BCUT2D eigenvalue weighted by Crippen LogP contribution is 2.34. The third-order valence-electron chi connectivity index (χ3n) is 2.74. The Bertz CT molecular complexity index is 314. The van der Waals surface area contributed by atoms with E-state index in [0.29, 0.717) is 6.54 Å². The Morgan fingerprint density at radius 1 is 1.43 bits per heavy atom. The summed E-state index contributed by atoms with van der Waals surface area (Å²) in [6, 6.07) is 0.116. The van der Waals surface area contributed by atoms with Crippen molar-refractivity contribution in [2.75, 3.05) is 6.54 Å². The Balaban J connectivity index is 2.96. The topological polar surface area (TPSA) is 37.4 Å². The Morgan fingerprint density at radius 3 is 2.43 bits per heavy atom. The Kier molecular flexibility index (Phi) is 3.07. The van der Waals surface area contributed by atoms with E-state index in [2.05, 4.69) is 27.4 Å². The molecule has 3 nitrogen and oxygen atoms in total. The van der Waals surface area contributed by atoms with Gasteiger partial charge in [0.05, 0.1) is 0 Å². The van der Waals surface area contributed by atoms with E-state index < -0.39 is 10.0 Å². The average molecular weight is 217 g/mol. The average Bonchev–Trinajstić information content (AvgIpc) is 2.51. The fraction of sp³-hybridized carbons (Fsp3) is 0.800. The predicted molar refractivity (Wildman–Crippen MR) is 58.3 cm³/mol. The fourth-order valence-corrected chi connectivity index (χ4v) is 3.36. The lowest BCUT2D eigenvalue weighted by Crippen LogP contribution is -2.42. The highest BCUT2D eigenvalue weighted by atomic mass is 32.2. The molecular weight excluding hydrogens is 198 g/mol. The van der Waals surface area contributed by atoms with Gasteiger partial charge >= 0.3 is 0 Å². The van der Waals surface area contributed by atoms with Crippen LogP contribution >= 0.6 is 0 Å². The summed E-state index contributed by atoms with van der Waals surface area (Å²) in [7, 11) is -3.23. The molecule has 1 aliphatic heterocycles. The van der Waals surface area contributed by atoms with Gasteiger partial charge in [-0.3, -0.25) is 0 Å². The molecule has 1 unspecified atom stereocenters. The monoisotopic (exact) mass is 217 g/mol. The zero-order chi connectivity index (χ0) is 11.0. The molecule has 0 aliphatic carbocycles. The number of sulfonamides is 1. The Hall–Kier alpha value is -0.350. The SMILES string of the molecule is C=CS(=O)(=O)N1CCCC1C(C)(C)C. The van der Waals surface area contributed by atoms with E-state index in [1.54, 1.807) is 4.31 Å². The van der Waals surface area contributed by atoms with Crippen LogP contribution in [0.4, 0.5) is 0 Å². The minimum atomic E-state index is -3.23. The zero-order valence-electron chi connectivity index (χ0n) is 9.16. The van der Waals surface area contributed by atoms with E-state index in [1.807, 2.05) is 0 Å². The standard InChI is InChI=1S/C10H19NO2S/c1-5-14(12,13)11-8-6-7-9(11)10(2,3)4/h5,9H,1,6-8H2,2-4H3. The van der Waals surface area contributed by atoms with Gasteiger partial charge in [0.1, 0.15) is 0 Å². The van der Waals surface area contributed by atoms with Gasteiger partial charge < -0.3 is 0 Å². The van der Waals surface area contributed by atoms with Crippen molar-refractivity contribution in [1.82, 2.24) is 4.31 Å². The van der Waals surface area contributed by atoms with Gasteiger partial charge in [-0.1, -0.05) is 27.4 Å². The summed E-state index contributed by atoms with van der Waals surface area (Å²) in [5.74, 6) is 0. The van der Waals surface area contributed by atoms with Crippen molar-refractivity contribution in [3.05, 3.63) is 12.0 Å². The van der Waals surface area contributed by atoms with Crippen LogP contribution in [-0.4, -0.2) is 25.3 Å². The maximum Gasteiger partial charge on any atom is 0.235 e. The van der Waals surface area contributed by atoms with Crippen molar-refractivity contribution in [1.29, 1.82) is 0 Å². The molecule has 14 heavy (non-hydrogen) atoms. The molecule has 0 radical (unpaired) electrons. The van der Waals surface area contributed by atoms with Crippen molar-refractivity contribution in [3.8, 4) is 0 Å². The minimum absolute atomic E-state index is 0.00653. The van der Waals surface area contributed by atoms with Gasteiger partial charge in [0.15, 0.2) is 0 Å². The van der Waals surface area contributed by atoms with Crippen LogP contribution < -0.4 is 0 Å². The molecule has 0 aromatic rings. The first kappa shape index (κ1) is 11.7. The smallest absolute Gasteiger partial charge is 0.208 e. The van der Waals surface area contributed by atoms with Crippen LogP contribution in [0, 0.1) is 5.41 Å². The molecule has 1 aliphatic rings. The largest absolute Gasteiger partial charge is 0.235 e. The van der Waals surface area contributed by atoms with E-state index >= 15 is 0 Å². The first-order chi connectivity index (χ1) is 6.29. The molecule has 0 bridgehead atoms. The van der Waals surface area contributed by atoms with Crippen molar-refractivity contribution < 1.29 is 8.42 Å². The fourth-order valence-electron chi connectivity index (χ4n) is 2.01. The molecular formula is C10H19NO2S. The van der Waals surface area contributed by atoms with E-state index in [9.17, 15) is 8.42 Å². The molecule has 1 saturated heterocycles. The summed E-state index contributed by atoms with van der Waals surface area (Å²) in [4.78, 5) is 0. The number of nitrogens with zero attached hydrogens (tertiary/aromatic N) is 1. The highest BCUT2D eigenvalue weighted by molar-refractivity contribution is 7.92. The molecule has 4 heteroatoms. The number of hydrogen-bond acceptors (Lipinski definition) is 2. The highest BCUT2D eigenvalue weighted by Gasteiger charge is 2.39. The van der Waals surface area contributed by atoms with E-state index in [-0.39, 0.29) is 11.5 Å². The summed E-state index contributed by atoms with van der Waals surface area (Å²) < 4.78 is 24.9. The lowest BCUT2D eigenvalue weighted by atomic mass is 9.86. The molecule has 1 atom stereocenters. The second-order valence-corrected chi connectivity index (χ2v) is 6.68. The first-order valence-electron chi connectivity index (χ1n) is 4.93. The molecule has 0 aromatic heterocycles. The quantitative estimate of drug-likeness (QED) is 0.709. The van der Waals surface area contributed by atoms with E-state index in [1.165, 1.54) is 0 Å². The number of rotatable bonds is 2. The van der Waals surface area contributed by atoms with Crippen LogP contribution in [0.3, 0.4) is 0 Å². The van der Waals surface area contributed by atoms with Crippen LogP contribution in [0.25, 0.3) is 0 Å². The van der Waals surface area contributed by atoms with Gasteiger partial charge in [0, 0.05) is 18.0 Å². The maximum absolute atomic E-state index is 11.7. The molecule has 1 heterocycles. The lowest BCUT2D eigenvalue weighted by Gasteiger charge is -2.33. The third kappa shape index (κ3) is 2.17. The second-order valence-electron chi connectivity index (χ2n) is 4.85. The summed E-state index contributed by atoms with van der Waals surface area (Å²) in [5.41, 5.74) is 0.00653. The molecule has 0 saturated carbocycles. The maximum atomic E-state index is 11.7. The van der Waals surface area contributed by atoms with Crippen molar-refractivity contribution in [3.63, 3.8) is 0 Å². The molecule has 0 amide bonds. The molecule has 0 N–H and O–H groups in total. The summed E-state index contributed by atoms with van der Waals surface area (Å²) in [5, 5.41) is 1.05. The van der Waals surface area contributed by atoms with Crippen LogP contribution in [0.2, 0.25) is 0 Å². The van der Waals surface area contributed by atoms with Gasteiger partial charge in [0.25, 0.3) is 0 Å². The minimum Gasteiger partial charge on any atom is -0.208 e. The Morgan fingerprint density at radius 2 is 2.00 bits per heavy atom. The van der Waals surface area contributed by atoms with Crippen molar-refractivity contribution in [2.24, 2.45) is 5.41 Å². The first-order valence-corrected chi connectivity index (χ1v) is 6.43. The second kappa shape index (κ2) is 3.66. The normalized spacial score (nSPS) is 25.2. The summed E-state index contributed by atoms with van der Waals surface area (Å²) >= 11 is 0. The van der Waals surface area contributed by atoms with Gasteiger partial charge in [-0.25, -0.2) is 8.42 Å². The van der Waals surface area contributed by atoms with E-state index in [4.69, 9.17) is 0 Å². The van der Waals surface area contributed by atoms with Gasteiger partial charge in [-0.15, -0.1) is 0 Å². The van der Waals surface area contributed by atoms with Crippen LogP contribution in [0.1, 0.15) is 33.6 Å². The van der Waals surface area contributed by atoms with Gasteiger partial charge in [0.2, 0.25) is 10.0 Å². The summed E-state index contributed by atoms with van der Waals surface area (Å²) in [6.45, 7) is 10.2. The van der Waals surface area contributed by atoms with Crippen LogP contribution in [0.5, 0.6) is 0 Å². The van der Waals surface area contributed by atoms with Gasteiger partial charge in [-0.05, 0) is 18.3 Å². The predicted octanol–water partition coefficient (Wildman–Crippen LogP) is 1.97. The molecule has 82 valence electrons. The molecule has 1 fully saturated rings. The van der Waals surface area contributed by atoms with Gasteiger partial charge in [-0.2, -0.15) is 4.31 Å².